The molecule has 1 atom stereocenters. The Kier molecular flexibility index (Phi) is 5.51. The number of aryl methyl sites for hydroxylation is 1. The normalized spacial score (nSPS) is 23.0. The Hall–Kier alpha value is -3.06. The van der Waals surface area contributed by atoms with Gasteiger partial charge in [0.1, 0.15) is 11.6 Å². The molecule has 2 amide bonds. The van der Waals surface area contributed by atoms with Crippen molar-refractivity contribution in [3.05, 3.63) is 60.2 Å². The van der Waals surface area contributed by atoms with E-state index in [4.69, 9.17) is 4.74 Å². The van der Waals surface area contributed by atoms with Crippen LogP contribution in [0.15, 0.2) is 54.6 Å². The molecule has 3 saturated heterocycles. The van der Waals surface area contributed by atoms with E-state index >= 15 is 0 Å². The van der Waals surface area contributed by atoms with E-state index in [0.29, 0.717) is 13.2 Å². The smallest absolute Gasteiger partial charge is 0.414 e. The summed E-state index contributed by atoms with van der Waals surface area (Å²) in [5.41, 5.74) is 2.65. The second-order valence-electron chi connectivity index (χ2n) is 9.04. The van der Waals surface area contributed by atoms with Crippen molar-refractivity contribution in [2.24, 2.45) is 0 Å². The number of carbonyl (C=O) groups is 2. The highest BCUT2D eigenvalue weighted by atomic mass is 16.6. The molecule has 1 unspecified atom stereocenters. The average molecular weight is 435 g/mol. The van der Waals surface area contributed by atoms with E-state index in [0.717, 1.165) is 55.8 Å². The molecule has 3 fully saturated rings. The highest BCUT2D eigenvalue weighted by Gasteiger charge is 2.50. The van der Waals surface area contributed by atoms with E-state index in [1.165, 1.54) is 0 Å². The lowest BCUT2D eigenvalue weighted by Crippen LogP contribution is -2.56. The minimum absolute atomic E-state index is 0.102. The van der Waals surface area contributed by atoms with Crippen LogP contribution in [0.1, 0.15) is 24.8 Å². The summed E-state index contributed by atoms with van der Waals surface area (Å²) in [4.78, 5) is 31.5. The average Bonchev–Trinajstić information content (AvgIpc) is 3.34. The highest BCUT2D eigenvalue weighted by Crippen LogP contribution is 2.36. The third kappa shape index (κ3) is 3.81. The first-order chi connectivity index (χ1) is 15.5. The van der Waals surface area contributed by atoms with Gasteiger partial charge in [-0.2, -0.15) is 0 Å². The Morgan fingerprint density at radius 3 is 2.53 bits per heavy atom. The summed E-state index contributed by atoms with van der Waals surface area (Å²) in [6, 6.07) is 18.1. The number of cyclic esters (lactones) is 1. The summed E-state index contributed by atoms with van der Waals surface area (Å²) >= 11 is 0. The lowest BCUT2D eigenvalue weighted by molar-refractivity contribution is -0.125. The summed E-state index contributed by atoms with van der Waals surface area (Å²) in [5, 5.41) is 3.05. The number of carbonyl (C=O) groups excluding carboxylic acids is 2. The fourth-order valence-corrected chi connectivity index (χ4v) is 5.18. The van der Waals surface area contributed by atoms with Crippen LogP contribution in [0.2, 0.25) is 0 Å². The van der Waals surface area contributed by atoms with Crippen LogP contribution in [-0.2, 0) is 9.53 Å². The van der Waals surface area contributed by atoms with E-state index < -0.39 is 5.54 Å². The van der Waals surface area contributed by atoms with Crippen LogP contribution in [0, 0.1) is 6.92 Å². The SMILES string of the molecule is Cc1cccc(N2CC(CCN3CCC4(CC3)C(=O)NCN4c3ccccc3)OC2=O)c1. The molecule has 3 aliphatic heterocycles. The Balaban J connectivity index is 1.16. The third-order valence-electron chi connectivity index (χ3n) is 7.04. The van der Waals surface area contributed by atoms with E-state index in [1.54, 1.807) is 4.90 Å². The van der Waals surface area contributed by atoms with Crippen molar-refractivity contribution in [1.29, 1.82) is 0 Å². The minimum Gasteiger partial charge on any atom is -0.444 e. The van der Waals surface area contributed by atoms with Gasteiger partial charge in [-0.25, -0.2) is 4.79 Å². The molecule has 32 heavy (non-hydrogen) atoms. The number of nitrogens with one attached hydrogen (secondary N) is 1. The fraction of sp³-hybridized carbons (Fsp3) is 0.440. The summed E-state index contributed by atoms with van der Waals surface area (Å²) in [5.74, 6) is 0.138. The van der Waals surface area contributed by atoms with Crippen LogP contribution in [0.25, 0.3) is 0 Å². The number of benzene rings is 2. The first-order valence-electron chi connectivity index (χ1n) is 11.4. The number of nitrogens with zero attached hydrogens (tertiary/aromatic N) is 3. The molecule has 7 heteroatoms. The van der Waals surface area contributed by atoms with Crippen molar-refractivity contribution in [2.75, 3.05) is 42.6 Å². The number of hydrogen-bond donors (Lipinski definition) is 1. The van der Waals surface area contributed by atoms with Gasteiger partial charge in [0.25, 0.3) is 0 Å². The Morgan fingerprint density at radius 2 is 1.78 bits per heavy atom. The minimum atomic E-state index is -0.459. The van der Waals surface area contributed by atoms with Crippen LogP contribution in [0.3, 0.4) is 0 Å². The molecule has 3 heterocycles. The van der Waals surface area contributed by atoms with Crippen LogP contribution in [0.5, 0.6) is 0 Å². The Labute approximate surface area is 188 Å². The largest absolute Gasteiger partial charge is 0.444 e. The Bertz CT molecular complexity index is 988. The van der Waals surface area contributed by atoms with Gasteiger partial charge in [0.05, 0.1) is 13.2 Å². The van der Waals surface area contributed by atoms with Gasteiger partial charge in [0.2, 0.25) is 5.91 Å². The predicted octanol–water partition coefficient (Wildman–Crippen LogP) is 3.14. The predicted molar refractivity (Wildman–Crippen MR) is 124 cm³/mol. The first-order valence-corrected chi connectivity index (χ1v) is 11.4. The lowest BCUT2D eigenvalue weighted by Gasteiger charge is -2.43. The van der Waals surface area contributed by atoms with E-state index in [9.17, 15) is 9.59 Å². The van der Waals surface area contributed by atoms with Gasteiger partial charge in [-0.05, 0) is 56.0 Å². The molecule has 0 radical (unpaired) electrons. The van der Waals surface area contributed by atoms with Crippen molar-refractivity contribution in [1.82, 2.24) is 10.2 Å². The van der Waals surface area contributed by atoms with Gasteiger partial charge in [0, 0.05) is 31.0 Å². The van der Waals surface area contributed by atoms with Gasteiger partial charge in [-0.3, -0.25) is 9.69 Å². The van der Waals surface area contributed by atoms with Gasteiger partial charge >= 0.3 is 6.09 Å². The molecule has 0 saturated carbocycles. The van der Waals surface area contributed by atoms with E-state index in [2.05, 4.69) is 27.2 Å². The molecule has 0 aromatic heterocycles. The third-order valence-corrected chi connectivity index (χ3v) is 7.04. The number of amides is 2. The van der Waals surface area contributed by atoms with E-state index in [-0.39, 0.29) is 18.1 Å². The molecule has 2 aromatic rings. The van der Waals surface area contributed by atoms with Gasteiger partial charge < -0.3 is 19.9 Å². The maximum Gasteiger partial charge on any atom is 0.414 e. The van der Waals surface area contributed by atoms with Crippen LogP contribution in [0.4, 0.5) is 16.2 Å². The fourth-order valence-electron chi connectivity index (χ4n) is 5.18. The maximum atomic E-state index is 12.8. The summed E-state index contributed by atoms with van der Waals surface area (Å²) < 4.78 is 5.63. The summed E-state index contributed by atoms with van der Waals surface area (Å²) in [6.07, 6.45) is 2.03. The second kappa shape index (κ2) is 8.47. The monoisotopic (exact) mass is 434 g/mol. The van der Waals surface area contributed by atoms with Crippen LogP contribution in [-0.4, -0.2) is 61.4 Å². The molecular formula is C25H30N4O3. The molecule has 2 aromatic carbocycles. The van der Waals surface area contributed by atoms with Crippen molar-refractivity contribution < 1.29 is 14.3 Å². The molecule has 3 aliphatic rings. The maximum absolute atomic E-state index is 12.8. The molecule has 7 nitrogen and oxygen atoms in total. The number of ether oxygens (including phenoxy) is 1. The van der Waals surface area contributed by atoms with Crippen molar-refractivity contribution >= 4 is 23.4 Å². The quantitative estimate of drug-likeness (QED) is 0.783. The zero-order valence-corrected chi connectivity index (χ0v) is 18.5. The molecule has 1 spiro atoms. The number of likely N-dealkylation sites (tertiary alicyclic amines) is 1. The number of anilines is 2. The summed E-state index contributed by atoms with van der Waals surface area (Å²) in [6.45, 7) is 5.76. The van der Waals surface area contributed by atoms with Crippen molar-refractivity contribution in [3.63, 3.8) is 0 Å². The topological polar surface area (TPSA) is 65.1 Å². The van der Waals surface area contributed by atoms with Gasteiger partial charge in [-0.1, -0.05) is 30.3 Å². The van der Waals surface area contributed by atoms with Crippen molar-refractivity contribution in [3.8, 4) is 0 Å². The number of piperidine rings is 1. The molecule has 5 rings (SSSR count). The van der Waals surface area contributed by atoms with Crippen LogP contribution >= 0.6 is 0 Å². The number of para-hydroxylation sites is 1. The molecule has 0 aliphatic carbocycles. The molecule has 1 N–H and O–H groups in total. The van der Waals surface area contributed by atoms with E-state index in [1.807, 2.05) is 49.4 Å². The second-order valence-corrected chi connectivity index (χ2v) is 9.04. The molecule has 168 valence electrons. The zero-order valence-electron chi connectivity index (χ0n) is 18.5. The van der Waals surface area contributed by atoms with Crippen molar-refractivity contribution in [2.45, 2.75) is 37.8 Å². The summed E-state index contributed by atoms with van der Waals surface area (Å²) in [7, 11) is 0. The van der Waals surface area contributed by atoms with Crippen LogP contribution < -0.4 is 15.1 Å². The highest BCUT2D eigenvalue weighted by molar-refractivity contribution is 5.93. The van der Waals surface area contributed by atoms with Gasteiger partial charge in [0.15, 0.2) is 0 Å². The first kappa shape index (κ1) is 20.8. The Morgan fingerprint density at radius 1 is 1.03 bits per heavy atom. The standard InChI is InChI=1S/C25H30N4O3/c1-19-6-5-9-21(16-19)28-17-22(32-24(28)31)10-13-27-14-11-25(12-15-27)23(30)26-18-29(25)20-7-3-2-4-8-20/h2-9,16,22H,10-15,17-18H2,1H3,(H,26,30). The van der Waals surface area contributed by atoms with Gasteiger partial charge in [-0.15, -0.1) is 0 Å². The molecular weight excluding hydrogens is 404 g/mol. The molecule has 0 bridgehead atoms. The zero-order chi connectivity index (χ0) is 22.1. The number of hydrogen-bond acceptors (Lipinski definition) is 5. The number of rotatable bonds is 5. The lowest BCUT2D eigenvalue weighted by atomic mass is 9.85.